The van der Waals surface area contributed by atoms with Gasteiger partial charge in [0.05, 0.1) is 16.1 Å². The van der Waals surface area contributed by atoms with Gasteiger partial charge in [-0.15, -0.1) is 0 Å². The molecule has 0 bridgehead atoms. The predicted octanol–water partition coefficient (Wildman–Crippen LogP) is 7.42. The van der Waals surface area contributed by atoms with Crippen molar-refractivity contribution in [3.8, 4) is 0 Å². The number of nitrogens with one attached hydrogen (secondary N) is 1. The molecule has 12 heteroatoms. The fourth-order valence-corrected chi connectivity index (χ4v) is 6.71. The molecule has 0 saturated heterocycles. The molecule has 1 atom stereocenters. The molecule has 1 N–H and O–H groups in total. The number of unbranched alkanes of at least 4 members (excludes halogenated alkanes) is 1. The van der Waals surface area contributed by atoms with Gasteiger partial charge in [0.1, 0.15) is 12.6 Å². The number of halogens is 4. The molecule has 0 saturated carbocycles. The van der Waals surface area contributed by atoms with Crippen LogP contribution in [0.2, 0.25) is 5.02 Å². The lowest BCUT2D eigenvalue weighted by Gasteiger charge is -2.34. The van der Waals surface area contributed by atoms with Crippen molar-refractivity contribution in [2.75, 3.05) is 17.4 Å². The minimum absolute atomic E-state index is 0.0966. The number of rotatable bonds is 14. The monoisotopic (exact) mass is 699 g/mol. The van der Waals surface area contributed by atoms with Gasteiger partial charge in [-0.2, -0.15) is 13.2 Å². The Hall–Kier alpha value is -4.35. The van der Waals surface area contributed by atoms with E-state index >= 15 is 0 Å². The molecule has 0 aromatic heterocycles. The van der Waals surface area contributed by atoms with Gasteiger partial charge < -0.3 is 10.2 Å². The number of anilines is 1. The molecule has 0 aliphatic carbocycles. The maximum Gasteiger partial charge on any atom is 0.416 e. The summed E-state index contributed by atoms with van der Waals surface area (Å²) in [7, 11) is -4.57. The van der Waals surface area contributed by atoms with Gasteiger partial charge in [0.15, 0.2) is 0 Å². The zero-order valence-corrected chi connectivity index (χ0v) is 28.2. The van der Waals surface area contributed by atoms with E-state index in [9.17, 15) is 31.2 Å². The van der Waals surface area contributed by atoms with Gasteiger partial charge in [0.25, 0.3) is 10.0 Å². The molecule has 0 spiro atoms. The minimum Gasteiger partial charge on any atom is -0.354 e. The van der Waals surface area contributed by atoms with Crippen LogP contribution in [0.25, 0.3) is 0 Å². The Morgan fingerprint density at radius 2 is 1.54 bits per heavy atom. The molecule has 4 aromatic carbocycles. The van der Waals surface area contributed by atoms with E-state index in [2.05, 4.69) is 5.32 Å². The fraction of sp³-hybridized carbons (Fsp3) is 0.278. The van der Waals surface area contributed by atoms with Gasteiger partial charge in [0, 0.05) is 24.5 Å². The van der Waals surface area contributed by atoms with E-state index in [1.54, 1.807) is 55.5 Å². The first kappa shape index (κ1) is 36.5. The van der Waals surface area contributed by atoms with Crippen LogP contribution in [0.5, 0.6) is 0 Å². The SMILES string of the molecule is CCCCNC(=O)[C@H](Cc1ccccc1)N(Cc1cccc(Cl)c1)C(=O)CN(c1cccc(C(F)(F)F)c1)S(=O)(=O)c1ccc(C)cc1. The summed E-state index contributed by atoms with van der Waals surface area (Å²) in [6.45, 7) is 3.08. The zero-order chi connectivity index (χ0) is 34.9. The highest BCUT2D eigenvalue weighted by atomic mass is 35.5. The van der Waals surface area contributed by atoms with Gasteiger partial charge in [-0.3, -0.25) is 13.9 Å². The second kappa shape index (κ2) is 16.2. The molecule has 0 heterocycles. The third-order valence-corrected chi connectivity index (χ3v) is 9.72. The molecule has 0 fully saturated rings. The van der Waals surface area contributed by atoms with E-state index in [-0.39, 0.29) is 23.5 Å². The van der Waals surface area contributed by atoms with E-state index in [4.69, 9.17) is 11.6 Å². The first-order valence-electron chi connectivity index (χ1n) is 15.4. The molecule has 0 radical (unpaired) electrons. The molecule has 4 rings (SSSR count). The predicted molar refractivity (Wildman–Crippen MR) is 181 cm³/mol. The Morgan fingerprint density at radius 1 is 0.875 bits per heavy atom. The summed E-state index contributed by atoms with van der Waals surface area (Å²) < 4.78 is 70.3. The topological polar surface area (TPSA) is 86.8 Å². The Kier molecular flexibility index (Phi) is 12.3. The second-order valence-electron chi connectivity index (χ2n) is 11.4. The van der Waals surface area contributed by atoms with Crippen molar-refractivity contribution in [3.63, 3.8) is 0 Å². The van der Waals surface area contributed by atoms with Crippen LogP contribution in [0, 0.1) is 6.92 Å². The van der Waals surface area contributed by atoms with Crippen molar-refractivity contribution >= 4 is 39.1 Å². The number of benzene rings is 4. The highest BCUT2D eigenvalue weighted by Gasteiger charge is 2.36. The zero-order valence-electron chi connectivity index (χ0n) is 26.6. The van der Waals surface area contributed by atoms with Crippen LogP contribution < -0.4 is 9.62 Å². The molecule has 0 aliphatic rings. The Morgan fingerprint density at radius 3 is 2.19 bits per heavy atom. The van der Waals surface area contributed by atoms with Gasteiger partial charge in [-0.05, 0) is 66.9 Å². The van der Waals surface area contributed by atoms with Crippen LogP contribution in [0.15, 0.2) is 108 Å². The Balaban J connectivity index is 1.83. The van der Waals surface area contributed by atoms with Crippen molar-refractivity contribution in [2.24, 2.45) is 0 Å². The van der Waals surface area contributed by atoms with Crippen LogP contribution in [0.4, 0.5) is 18.9 Å². The number of nitrogens with zero attached hydrogens (tertiary/aromatic N) is 2. The standard InChI is InChI=1S/C36H37ClF3N3O4S/c1-3-4-20-41-35(45)33(22-27-10-6-5-7-11-27)42(24-28-12-8-14-30(37)21-28)34(44)25-43(31-15-9-13-29(23-31)36(38,39)40)48(46,47)32-18-16-26(2)17-19-32/h5-19,21,23,33H,3-4,20,22,24-25H2,1-2H3,(H,41,45)/t33-/m0/s1. The van der Waals surface area contributed by atoms with Crippen molar-refractivity contribution in [1.29, 1.82) is 0 Å². The number of carbonyl (C=O) groups excluding carboxylic acids is 2. The Labute approximate surface area is 284 Å². The summed E-state index contributed by atoms with van der Waals surface area (Å²) in [4.78, 5) is 29.3. The number of alkyl halides is 3. The molecular weight excluding hydrogens is 663 g/mol. The van der Waals surface area contributed by atoms with Crippen LogP contribution in [-0.2, 0) is 38.8 Å². The van der Waals surface area contributed by atoms with Crippen molar-refractivity contribution in [3.05, 3.63) is 130 Å². The molecule has 2 amide bonds. The van der Waals surface area contributed by atoms with E-state index < -0.39 is 46.2 Å². The van der Waals surface area contributed by atoms with Gasteiger partial charge in [-0.25, -0.2) is 8.42 Å². The lowest BCUT2D eigenvalue weighted by Crippen LogP contribution is -2.53. The fourth-order valence-electron chi connectivity index (χ4n) is 5.10. The smallest absolute Gasteiger partial charge is 0.354 e. The van der Waals surface area contributed by atoms with Gasteiger partial charge in [0.2, 0.25) is 11.8 Å². The summed E-state index contributed by atoms with van der Waals surface area (Å²) in [5.74, 6) is -1.25. The van der Waals surface area contributed by atoms with Gasteiger partial charge >= 0.3 is 6.18 Å². The quantitative estimate of drug-likeness (QED) is 0.139. The highest BCUT2D eigenvalue weighted by molar-refractivity contribution is 7.92. The number of aryl methyl sites for hydroxylation is 1. The molecule has 48 heavy (non-hydrogen) atoms. The van der Waals surface area contributed by atoms with E-state index in [1.807, 2.05) is 25.1 Å². The van der Waals surface area contributed by atoms with E-state index in [0.717, 1.165) is 29.7 Å². The Bertz CT molecular complexity index is 1800. The van der Waals surface area contributed by atoms with Crippen LogP contribution >= 0.6 is 11.6 Å². The van der Waals surface area contributed by atoms with Crippen LogP contribution in [-0.4, -0.2) is 44.3 Å². The third-order valence-electron chi connectivity index (χ3n) is 7.69. The number of hydrogen-bond donors (Lipinski definition) is 1. The number of amides is 2. The summed E-state index contributed by atoms with van der Waals surface area (Å²) in [5.41, 5.74) is 0.653. The highest BCUT2D eigenvalue weighted by Crippen LogP contribution is 2.33. The maximum atomic E-state index is 14.5. The number of carbonyl (C=O) groups is 2. The lowest BCUT2D eigenvalue weighted by molar-refractivity contribution is -0.140. The summed E-state index contributed by atoms with van der Waals surface area (Å²) in [6, 6.07) is 24.2. The largest absolute Gasteiger partial charge is 0.416 e. The normalized spacial score (nSPS) is 12.3. The molecular formula is C36H37ClF3N3O4S. The summed E-state index contributed by atoms with van der Waals surface area (Å²) in [5, 5.41) is 3.28. The van der Waals surface area contributed by atoms with Crippen LogP contribution in [0.3, 0.4) is 0 Å². The maximum absolute atomic E-state index is 14.5. The average molecular weight is 700 g/mol. The lowest BCUT2D eigenvalue weighted by atomic mass is 10.0. The van der Waals surface area contributed by atoms with Crippen LogP contribution in [0.1, 0.15) is 42.0 Å². The molecule has 254 valence electrons. The van der Waals surface area contributed by atoms with Gasteiger partial charge in [-0.1, -0.05) is 91.2 Å². The average Bonchev–Trinajstić information content (AvgIpc) is 3.05. The number of sulfonamides is 1. The minimum atomic E-state index is -4.77. The summed E-state index contributed by atoms with van der Waals surface area (Å²) in [6.07, 6.45) is -3.16. The van der Waals surface area contributed by atoms with E-state index in [0.29, 0.717) is 33.9 Å². The van der Waals surface area contributed by atoms with Crippen molar-refractivity contribution in [2.45, 2.75) is 56.8 Å². The second-order valence-corrected chi connectivity index (χ2v) is 13.7. The van der Waals surface area contributed by atoms with Crippen molar-refractivity contribution < 1.29 is 31.2 Å². The summed E-state index contributed by atoms with van der Waals surface area (Å²) >= 11 is 6.26. The van der Waals surface area contributed by atoms with Crippen molar-refractivity contribution in [1.82, 2.24) is 10.2 Å². The first-order valence-corrected chi connectivity index (χ1v) is 17.2. The van der Waals surface area contributed by atoms with E-state index in [1.165, 1.54) is 23.1 Å². The molecule has 0 aliphatic heterocycles. The third kappa shape index (κ3) is 9.60. The molecule has 7 nitrogen and oxygen atoms in total. The molecule has 0 unspecified atom stereocenters. The first-order chi connectivity index (χ1) is 22.8. The number of hydrogen-bond acceptors (Lipinski definition) is 4. The molecule has 4 aromatic rings.